The molecule has 8 nitrogen and oxygen atoms in total. The summed E-state index contributed by atoms with van der Waals surface area (Å²) in [6.45, 7) is 0.310. The minimum atomic E-state index is -0.582. The van der Waals surface area contributed by atoms with Crippen molar-refractivity contribution < 1.29 is 14.4 Å². The molecule has 1 aliphatic carbocycles. The molecule has 3 rings (SSSR count). The second-order valence-electron chi connectivity index (χ2n) is 5.97. The molecule has 8 heteroatoms. The van der Waals surface area contributed by atoms with Crippen LogP contribution in [0.4, 0.5) is 0 Å². The predicted octanol–water partition coefficient (Wildman–Crippen LogP) is -0.978. The van der Waals surface area contributed by atoms with Crippen LogP contribution in [0.25, 0.3) is 0 Å². The van der Waals surface area contributed by atoms with Crippen LogP contribution in [0.15, 0.2) is 16.9 Å². The maximum absolute atomic E-state index is 12.5. The van der Waals surface area contributed by atoms with Crippen molar-refractivity contribution in [3.8, 4) is 0 Å². The van der Waals surface area contributed by atoms with Crippen molar-refractivity contribution in [1.82, 2.24) is 14.8 Å². The second-order valence-corrected chi connectivity index (χ2v) is 5.97. The van der Waals surface area contributed by atoms with E-state index in [1.54, 1.807) is 6.07 Å². The Balaban J connectivity index is 1.73. The first-order valence-electron chi connectivity index (χ1n) is 7.53. The molecule has 1 saturated heterocycles. The van der Waals surface area contributed by atoms with Crippen molar-refractivity contribution >= 4 is 17.7 Å². The Bertz CT molecular complexity index is 722. The minimum absolute atomic E-state index is 0.113. The highest BCUT2D eigenvalue weighted by atomic mass is 16.2. The number of aromatic amines is 1. The van der Waals surface area contributed by atoms with Gasteiger partial charge in [0.1, 0.15) is 6.54 Å². The SMILES string of the molecule is NC(=O)CN1CCN(C(=O)c2cc(C3CC3)[nH]c(=O)c2)CC1=O. The maximum atomic E-state index is 12.5. The number of rotatable bonds is 4. The van der Waals surface area contributed by atoms with Crippen molar-refractivity contribution in [2.45, 2.75) is 18.8 Å². The van der Waals surface area contributed by atoms with Gasteiger partial charge in [-0.25, -0.2) is 0 Å². The summed E-state index contributed by atoms with van der Waals surface area (Å²) < 4.78 is 0. The Labute approximate surface area is 132 Å². The third kappa shape index (κ3) is 3.41. The summed E-state index contributed by atoms with van der Waals surface area (Å²) in [6.07, 6.45) is 2.02. The predicted molar refractivity (Wildman–Crippen MR) is 80.7 cm³/mol. The Morgan fingerprint density at radius 2 is 1.96 bits per heavy atom. The van der Waals surface area contributed by atoms with E-state index in [1.807, 2.05) is 0 Å². The van der Waals surface area contributed by atoms with E-state index >= 15 is 0 Å². The van der Waals surface area contributed by atoms with Crippen molar-refractivity contribution in [3.05, 3.63) is 33.7 Å². The zero-order valence-electron chi connectivity index (χ0n) is 12.6. The Morgan fingerprint density at radius 3 is 2.57 bits per heavy atom. The quantitative estimate of drug-likeness (QED) is 0.742. The number of primary amides is 1. The van der Waals surface area contributed by atoms with Crippen molar-refractivity contribution in [2.75, 3.05) is 26.2 Å². The highest BCUT2D eigenvalue weighted by molar-refractivity contribution is 5.97. The van der Waals surface area contributed by atoms with Gasteiger partial charge in [0.05, 0.1) is 6.54 Å². The first-order valence-corrected chi connectivity index (χ1v) is 7.53. The van der Waals surface area contributed by atoms with Crippen LogP contribution in [0, 0.1) is 0 Å². The number of carbonyl (C=O) groups excluding carboxylic acids is 3. The van der Waals surface area contributed by atoms with E-state index in [1.165, 1.54) is 15.9 Å². The molecular formula is C15H18N4O4. The smallest absolute Gasteiger partial charge is 0.254 e. The van der Waals surface area contributed by atoms with Crippen LogP contribution in [0.3, 0.4) is 0 Å². The van der Waals surface area contributed by atoms with Crippen LogP contribution in [0.2, 0.25) is 0 Å². The Morgan fingerprint density at radius 1 is 1.22 bits per heavy atom. The fourth-order valence-electron chi connectivity index (χ4n) is 2.72. The fraction of sp³-hybridized carbons (Fsp3) is 0.467. The number of nitrogens with zero attached hydrogens (tertiary/aromatic N) is 2. The van der Waals surface area contributed by atoms with Crippen LogP contribution in [-0.2, 0) is 9.59 Å². The molecule has 2 heterocycles. The molecule has 0 unspecified atom stereocenters. The van der Waals surface area contributed by atoms with Crippen molar-refractivity contribution in [2.24, 2.45) is 5.73 Å². The molecule has 2 aliphatic rings. The number of pyridine rings is 1. The summed E-state index contributed by atoms with van der Waals surface area (Å²) in [5, 5.41) is 0. The fourth-order valence-corrected chi connectivity index (χ4v) is 2.72. The average molecular weight is 318 g/mol. The molecule has 1 aromatic rings. The Hall–Kier alpha value is -2.64. The van der Waals surface area contributed by atoms with Crippen LogP contribution < -0.4 is 11.3 Å². The maximum Gasteiger partial charge on any atom is 0.254 e. The normalized spacial score (nSPS) is 18.2. The standard InChI is InChI=1S/C15H18N4O4/c16-12(20)7-18-3-4-19(8-14(18)22)15(23)10-5-11(9-1-2-9)17-13(21)6-10/h5-6,9H,1-4,7-8H2,(H2,16,20)(H,17,21). The van der Waals surface area contributed by atoms with Gasteiger partial charge in [0.15, 0.2) is 0 Å². The van der Waals surface area contributed by atoms with Gasteiger partial charge >= 0.3 is 0 Å². The number of hydrogen-bond donors (Lipinski definition) is 2. The number of hydrogen-bond acceptors (Lipinski definition) is 4. The first kappa shape index (κ1) is 15.3. The lowest BCUT2D eigenvalue weighted by Crippen LogP contribution is -2.54. The van der Waals surface area contributed by atoms with E-state index in [4.69, 9.17) is 5.73 Å². The summed E-state index contributed by atoms with van der Waals surface area (Å²) in [5.74, 6) is -0.924. The van der Waals surface area contributed by atoms with Crippen LogP contribution in [0.5, 0.6) is 0 Å². The summed E-state index contributed by atoms with van der Waals surface area (Å²) in [6, 6.07) is 2.95. The largest absolute Gasteiger partial charge is 0.368 e. The van der Waals surface area contributed by atoms with Crippen molar-refractivity contribution in [3.63, 3.8) is 0 Å². The number of amides is 3. The number of aromatic nitrogens is 1. The molecule has 1 aromatic heterocycles. The summed E-state index contributed by atoms with van der Waals surface area (Å²) in [7, 11) is 0. The molecular weight excluding hydrogens is 300 g/mol. The molecule has 0 bridgehead atoms. The van der Waals surface area contributed by atoms with Gasteiger partial charge in [-0.2, -0.15) is 0 Å². The highest BCUT2D eigenvalue weighted by Crippen LogP contribution is 2.38. The molecule has 2 fully saturated rings. The van der Waals surface area contributed by atoms with Gasteiger partial charge in [0.25, 0.3) is 5.91 Å². The van der Waals surface area contributed by atoms with Gasteiger partial charge < -0.3 is 20.5 Å². The molecule has 23 heavy (non-hydrogen) atoms. The van der Waals surface area contributed by atoms with Gasteiger partial charge in [-0.15, -0.1) is 0 Å². The van der Waals surface area contributed by atoms with Gasteiger partial charge in [0, 0.05) is 30.4 Å². The van der Waals surface area contributed by atoms with E-state index in [2.05, 4.69) is 4.98 Å². The highest BCUT2D eigenvalue weighted by Gasteiger charge is 2.30. The summed E-state index contributed by atoms with van der Waals surface area (Å²) >= 11 is 0. The van der Waals surface area contributed by atoms with Crippen LogP contribution >= 0.6 is 0 Å². The van der Waals surface area contributed by atoms with Crippen LogP contribution in [-0.4, -0.2) is 58.7 Å². The lowest BCUT2D eigenvalue weighted by atomic mass is 10.1. The number of nitrogens with one attached hydrogen (secondary N) is 1. The number of H-pyrrole nitrogens is 1. The van der Waals surface area contributed by atoms with Gasteiger partial charge in [-0.1, -0.05) is 0 Å². The van der Waals surface area contributed by atoms with E-state index < -0.39 is 5.91 Å². The molecule has 3 amide bonds. The van der Waals surface area contributed by atoms with E-state index in [-0.39, 0.29) is 37.0 Å². The molecule has 0 spiro atoms. The molecule has 3 N–H and O–H groups in total. The number of carbonyl (C=O) groups is 3. The zero-order valence-corrected chi connectivity index (χ0v) is 12.6. The lowest BCUT2D eigenvalue weighted by molar-refractivity contribution is -0.138. The zero-order chi connectivity index (χ0) is 16.6. The van der Waals surface area contributed by atoms with E-state index in [0.29, 0.717) is 18.0 Å². The molecule has 122 valence electrons. The van der Waals surface area contributed by atoms with Gasteiger partial charge in [0.2, 0.25) is 17.4 Å². The van der Waals surface area contributed by atoms with Crippen molar-refractivity contribution in [1.29, 1.82) is 0 Å². The monoisotopic (exact) mass is 318 g/mol. The summed E-state index contributed by atoms with van der Waals surface area (Å²) in [5.41, 5.74) is 5.85. The van der Waals surface area contributed by atoms with Gasteiger partial charge in [-0.3, -0.25) is 19.2 Å². The number of nitrogens with two attached hydrogens (primary N) is 1. The summed E-state index contributed by atoms with van der Waals surface area (Å²) in [4.78, 5) is 52.6. The van der Waals surface area contributed by atoms with E-state index in [0.717, 1.165) is 18.5 Å². The molecule has 0 aromatic carbocycles. The second kappa shape index (κ2) is 5.86. The molecule has 1 saturated carbocycles. The molecule has 0 radical (unpaired) electrons. The third-order valence-electron chi connectivity index (χ3n) is 4.08. The topological polar surface area (TPSA) is 117 Å². The molecule has 0 atom stereocenters. The third-order valence-corrected chi connectivity index (χ3v) is 4.08. The average Bonchev–Trinajstić information content (AvgIpc) is 3.32. The number of piperazine rings is 1. The Kier molecular flexibility index (Phi) is 3.89. The van der Waals surface area contributed by atoms with E-state index in [9.17, 15) is 19.2 Å². The lowest BCUT2D eigenvalue weighted by Gasteiger charge is -2.33. The van der Waals surface area contributed by atoms with Gasteiger partial charge in [-0.05, 0) is 24.8 Å². The molecule has 1 aliphatic heterocycles. The first-order chi connectivity index (χ1) is 10.9. The minimum Gasteiger partial charge on any atom is -0.368 e. The van der Waals surface area contributed by atoms with Crippen LogP contribution in [0.1, 0.15) is 34.8 Å².